The Bertz CT molecular complexity index is 524. The van der Waals surface area contributed by atoms with E-state index in [2.05, 4.69) is 19.9 Å². The van der Waals surface area contributed by atoms with Crippen LogP contribution in [0.3, 0.4) is 0 Å². The lowest BCUT2D eigenvalue weighted by atomic mass is 9.73. The summed E-state index contributed by atoms with van der Waals surface area (Å²) in [5.74, 6) is 1.93. The molecule has 1 fully saturated rings. The van der Waals surface area contributed by atoms with Crippen molar-refractivity contribution < 1.29 is 9.53 Å². The minimum atomic E-state index is -0.0993. The number of aryl methyl sites for hydroxylation is 1. The Kier molecular flexibility index (Phi) is 4.05. The zero-order valence-corrected chi connectivity index (χ0v) is 13.3. The molecule has 0 atom stereocenters. The van der Waals surface area contributed by atoms with Gasteiger partial charge in [-0.15, -0.1) is 0 Å². The van der Waals surface area contributed by atoms with Crippen molar-refractivity contribution in [2.75, 3.05) is 6.61 Å². The summed E-state index contributed by atoms with van der Waals surface area (Å²) >= 11 is 0. The summed E-state index contributed by atoms with van der Waals surface area (Å²) in [6.07, 6.45) is 7.66. The van der Waals surface area contributed by atoms with Crippen LogP contribution in [0.15, 0.2) is 18.2 Å². The first-order chi connectivity index (χ1) is 10.1. The minimum absolute atomic E-state index is 0.0993. The van der Waals surface area contributed by atoms with Crippen LogP contribution in [0.5, 0.6) is 5.75 Å². The number of carbonyl (C=O) groups excluding carboxylic acids is 1. The smallest absolute Gasteiger partial charge is 0.169 e. The number of carbonyl (C=O) groups is 1. The number of benzene rings is 1. The van der Waals surface area contributed by atoms with Gasteiger partial charge < -0.3 is 4.74 Å². The first-order valence-electron chi connectivity index (χ1n) is 8.41. The molecule has 0 saturated heterocycles. The van der Waals surface area contributed by atoms with Crippen molar-refractivity contribution in [2.45, 2.75) is 58.8 Å². The van der Waals surface area contributed by atoms with E-state index in [9.17, 15) is 4.79 Å². The zero-order valence-electron chi connectivity index (χ0n) is 13.3. The highest BCUT2D eigenvalue weighted by Gasteiger charge is 2.41. The second-order valence-corrected chi connectivity index (χ2v) is 7.19. The summed E-state index contributed by atoms with van der Waals surface area (Å²) in [6.45, 7) is 5.26. The number of rotatable bonds is 4. The minimum Gasteiger partial charge on any atom is -0.493 e. The lowest BCUT2D eigenvalue weighted by molar-refractivity contribution is 0.0759. The topological polar surface area (TPSA) is 26.3 Å². The molecule has 0 radical (unpaired) electrons. The van der Waals surface area contributed by atoms with E-state index in [1.54, 1.807) is 0 Å². The average molecular weight is 286 g/mol. The maximum absolute atomic E-state index is 13.1. The van der Waals surface area contributed by atoms with Crippen molar-refractivity contribution in [3.8, 4) is 5.75 Å². The Hall–Kier alpha value is -1.31. The summed E-state index contributed by atoms with van der Waals surface area (Å²) in [4.78, 5) is 13.1. The van der Waals surface area contributed by atoms with E-state index in [1.807, 2.05) is 12.1 Å². The van der Waals surface area contributed by atoms with E-state index in [4.69, 9.17) is 4.74 Å². The molecule has 1 heterocycles. The molecule has 0 aromatic heterocycles. The normalized spacial score (nSPS) is 20.1. The largest absolute Gasteiger partial charge is 0.493 e. The number of fused-ring (bicyclic) bond motifs is 1. The molecule has 0 unspecified atom stereocenters. The molecule has 3 rings (SSSR count). The molecule has 0 amide bonds. The Morgan fingerprint density at radius 2 is 2.00 bits per heavy atom. The van der Waals surface area contributed by atoms with Gasteiger partial charge >= 0.3 is 0 Å². The van der Waals surface area contributed by atoms with Crippen LogP contribution in [0, 0.1) is 11.3 Å². The van der Waals surface area contributed by atoms with Gasteiger partial charge in [-0.3, -0.25) is 4.79 Å². The first kappa shape index (κ1) is 14.6. The molecule has 1 saturated carbocycles. The van der Waals surface area contributed by atoms with E-state index in [-0.39, 0.29) is 5.41 Å². The molecule has 114 valence electrons. The maximum Gasteiger partial charge on any atom is 0.169 e. The van der Waals surface area contributed by atoms with Gasteiger partial charge in [-0.1, -0.05) is 26.7 Å². The van der Waals surface area contributed by atoms with Crippen molar-refractivity contribution in [2.24, 2.45) is 11.3 Å². The van der Waals surface area contributed by atoms with Crippen molar-refractivity contribution in [1.82, 2.24) is 0 Å². The first-order valence-corrected chi connectivity index (χ1v) is 8.41. The van der Waals surface area contributed by atoms with Gasteiger partial charge in [0.2, 0.25) is 0 Å². The third kappa shape index (κ3) is 2.86. The van der Waals surface area contributed by atoms with Gasteiger partial charge in [0.15, 0.2) is 5.78 Å². The predicted molar refractivity (Wildman–Crippen MR) is 84.9 cm³/mol. The molecule has 1 aliphatic heterocycles. The van der Waals surface area contributed by atoms with Gasteiger partial charge in [0.25, 0.3) is 0 Å². The molecule has 2 aliphatic rings. The SMILES string of the molecule is CC(C)CC1(C(=O)c2ccc3c(c2)CCCO3)CCCC1. The number of hydrogen-bond acceptors (Lipinski definition) is 2. The lowest BCUT2D eigenvalue weighted by Gasteiger charge is -2.30. The van der Waals surface area contributed by atoms with Crippen LogP contribution in [-0.2, 0) is 6.42 Å². The standard InChI is InChI=1S/C19H26O2/c1-14(2)13-19(9-3-4-10-19)18(20)16-7-8-17-15(12-16)6-5-11-21-17/h7-8,12,14H,3-6,9-11,13H2,1-2H3. The number of ketones is 1. The number of ether oxygens (including phenoxy) is 1. The second kappa shape index (κ2) is 5.82. The molecule has 0 bridgehead atoms. The van der Waals surface area contributed by atoms with Crippen LogP contribution in [0.4, 0.5) is 0 Å². The van der Waals surface area contributed by atoms with Gasteiger partial charge in [-0.25, -0.2) is 0 Å². The fourth-order valence-corrected chi connectivity index (χ4v) is 4.16. The van der Waals surface area contributed by atoms with Gasteiger partial charge in [-0.2, -0.15) is 0 Å². The highest BCUT2D eigenvalue weighted by atomic mass is 16.5. The summed E-state index contributed by atoms with van der Waals surface area (Å²) in [6, 6.07) is 6.07. The van der Waals surface area contributed by atoms with Crippen LogP contribution >= 0.6 is 0 Å². The quantitative estimate of drug-likeness (QED) is 0.743. The van der Waals surface area contributed by atoms with Gasteiger partial charge in [0.05, 0.1) is 6.61 Å². The monoisotopic (exact) mass is 286 g/mol. The fraction of sp³-hybridized carbons (Fsp3) is 0.632. The predicted octanol–water partition coefficient (Wildman–Crippen LogP) is 4.80. The average Bonchev–Trinajstić information content (AvgIpc) is 2.95. The molecule has 0 N–H and O–H groups in total. The van der Waals surface area contributed by atoms with Crippen molar-refractivity contribution in [3.05, 3.63) is 29.3 Å². The Labute approximate surface area is 127 Å². The molecule has 2 nitrogen and oxygen atoms in total. The Morgan fingerprint density at radius 3 is 2.71 bits per heavy atom. The third-order valence-electron chi connectivity index (χ3n) is 5.01. The van der Waals surface area contributed by atoms with Crippen LogP contribution in [0.25, 0.3) is 0 Å². The van der Waals surface area contributed by atoms with Crippen molar-refractivity contribution in [1.29, 1.82) is 0 Å². The van der Waals surface area contributed by atoms with Gasteiger partial charge in [0, 0.05) is 11.0 Å². The lowest BCUT2D eigenvalue weighted by Crippen LogP contribution is -2.30. The zero-order chi connectivity index (χ0) is 14.9. The summed E-state index contributed by atoms with van der Waals surface area (Å²) in [5, 5.41) is 0. The number of Topliss-reactive ketones (excluding diaryl/α,β-unsaturated/α-hetero) is 1. The molecule has 1 aromatic carbocycles. The third-order valence-corrected chi connectivity index (χ3v) is 5.01. The molecular formula is C19H26O2. The molecule has 2 heteroatoms. The van der Waals surface area contributed by atoms with Crippen molar-refractivity contribution >= 4 is 5.78 Å². The summed E-state index contributed by atoms with van der Waals surface area (Å²) in [5.41, 5.74) is 2.02. The molecule has 21 heavy (non-hydrogen) atoms. The second-order valence-electron chi connectivity index (χ2n) is 7.19. The van der Waals surface area contributed by atoms with E-state index in [0.717, 1.165) is 50.0 Å². The fourth-order valence-electron chi connectivity index (χ4n) is 4.16. The molecule has 1 aromatic rings. The van der Waals surface area contributed by atoms with Crippen molar-refractivity contribution in [3.63, 3.8) is 0 Å². The van der Waals surface area contributed by atoms with E-state index >= 15 is 0 Å². The molecule has 0 spiro atoms. The van der Waals surface area contributed by atoms with Gasteiger partial charge in [0.1, 0.15) is 5.75 Å². The highest BCUT2D eigenvalue weighted by molar-refractivity contribution is 6.01. The Balaban J connectivity index is 1.89. The summed E-state index contributed by atoms with van der Waals surface area (Å²) in [7, 11) is 0. The summed E-state index contributed by atoms with van der Waals surface area (Å²) < 4.78 is 5.66. The van der Waals surface area contributed by atoms with Crippen LogP contribution in [-0.4, -0.2) is 12.4 Å². The Morgan fingerprint density at radius 1 is 1.24 bits per heavy atom. The van der Waals surface area contributed by atoms with Crippen LogP contribution < -0.4 is 4.74 Å². The molecular weight excluding hydrogens is 260 g/mol. The number of hydrogen-bond donors (Lipinski definition) is 0. The highest BCUT2D eigenvalue weighted by Crippen LogP contribution is 2.46. The van der Waals surface area contributed by atoms with E-state index in [0.29, 0.717) is 11.7 Å². The maximum atomic E-state index is 13.1. The van der Waals surface area contributed by atoms with Crippen LogP contribution in [0.1, 0.15) is 68.3 Å². The van der Waals surface area contributed by atoms with Crippen LogP contribution in [0.2, 0.25) is 0 Å². The van der Waals surface area contributed by atoms with E-state index in [1.165, 1.54) is 18.4 Å². The van der Waals surface area contributed by atoms with E-state index < -0.39 is 0 Å². The van der Waals surface area contributed by atoms with Gasteiger partial charge in [-0.05, 0) is 61.8 Å². The molecule has 1 aliphatic carbocycles.